The molecule has 2 aromatic rings. The van der Waals surface area contributed by atoms with E-state index < -0.39 is 11.7 Å². The number of aromatic nitrogens is 2. The molecule has 1 aromatic carbocycles. The fourth-order valence-electron chi connectivity index (χ4n) is 2.88. The number of H-pyrrole nitrogens is 1. The number of nitrogens with zero attached hydrogens (tertiary/aromatic N) is 2. The minimum absolute atomic E-state index is 0.0134. The van der Waals surface area contributed by atoms with Crippen LogP contribution in [0.1, 0.15) is 40.9 Å². The van der Waals surface area contributed by atoms with Crippen molar-refractivity contribution in [3.63, 3.8) is 0 Å². The number of benzene rings is 1. The summed E-state index contributed by atoms with van der Waals surface area (Å²) in [7, 11) is 0. The number of fused-ring (bicyclic) bond motifs is 1. The number of rotatable bonds is 2. The van der Waals surface area contributed by atoms with Crippen LogP contribution in [0.25, 0.3) is 11.3 Å². The Bertz CT molecular complexity index is 777. The molecule has 1 N–H and O–H groups in total. The molecule has 4 nitrogen and oxygen atoms in total. The molecule has 1 aliphatic heterocycles. The Morgan fingerprint density at radius 1 is 1.30 bits per heavy atom. The standard InChI is InChI=1S/C16H16F3N3O/c1-8(2)22-7-12-11(15(22)23)4-10(5-13(12)16(17,18)19)14-9(3)6-20-21-14/h4-6,8H,7H2,1-3H3,(H,20,21). The smallest absolute Gasteiger partial charge is 0.332 e. The van der Waals surface area contributed by atoms with Gasteiger partial charge in [-0.3, -0.25) is 9.89 Å². The zero-order chi connectivity index (χ0) is 16.9. The first-order chi connectivity index (χ1) is 10.7. The van der Waals surface area contributed by atoms with E-state index in [0.29, 0.717) is 11.3 Å². The summed E-state index contributed by atoms with van der Waals surface area (Å²) in [6, 6.07) is 2.43. The van der Waals surface area contributed by atoms with E-state index in [9.17, 15) is 18.0 Å². The van der Waals surface area contributed by atoms with Crippen molar-refractivity contribution >= 4 is 5.91 Å². The molecule has 0 fully saturated rings. The van der Waals surface area contributed by atoms with Crippen molar-refractivity contribution in [2.24, 2.45) is 0 Å². The molecule has 7 heteroatoms. The number of halogens is 3. The Balaban J connectivity index is 2.23. The minimum atomic E-state index is -4.52. The first kappa shape index (κ1) is 15.6. The molecule has 0 bridgehead atoms. The largest absolute Gasteiger partial charge is 0.416 e. The molecule has 0 unspecified atom stereocenters. The molecule has 122 valence electrons. The molecule has 1 aromatic heterocycles. The van der Waals surface area contributed by atoms with Crippen molar-refractivity contribution in [1.29, 1.82) is 0 Å². The summed E-state index contributed by atoms with van der Waals surface area (Å²) in [6.45, 7) is 5.31. The van der Waals surface area contributed by atoms with Crippen LogP contribution in [-0.2, 0) is 12.7 Å². The number of nitrogens with one attached hydrogen (secondary N) is 1. The van der Waals surface area contributed by atoms with Gasteiger partial charge in [0.15, 0.2) is 0 Å². The second kappa shape index (κ2) is 5.11. The third-order valence-electron chi connectivity index (χ3n) is 4.10. The van der Waals surface area contributed by atoms with E-state index in [1.165, 1.54) is 11.0 Å². The van der Waals surface area contributed by atoms with E-state index >= 15 is 0 Å². The van der Waals surface area contributed by atoms with Crippen LogP contribution >= 0.6 is 0 Å². The van der Waals surface area contributed by atoms with Crippen molar-refractivity contribution < 1.29 is 18.0 Å². The molecule has 23 heavy (non-hydrogen) atoms. The zero-order valence-electron chi connectivity index (χ0n) is 13.0. The summed E-state index contributed by atoms with van der Waals surface area (Å²) >= 11 is 0. The molecule has 1 aliphatic rings. The maximum atomic E-state index is 13.5. The second-order valence-electron chi connectivity index (χ2n) is 5.99. The lowest BCUT2D eigenvalue weighted by molar-refractivity contribution is -0.138. The highest BCUT2D eigenvalue weighted by molar-refractivity contribution is 6.00. The maximum absolute atomic E-state index is 13.5. The lowest BCUT2D eigenvalue weighted by atomic mass is 9.96. The van der Waals surface area contributed by atoms with Crippen LogP contribution in [0, 0.1) is 6.92 Å². The summed E-state index contributed by atoms with van der Waals surface area (Å²) in [5.41, 5.74) is 0.857. The molecule has 0 radical (unpaired) electrons. The highest BCUT2D eigenvalue weighted by Gasteiger charge is 2.40. The Morgan fingerprint density at radius 2 is 2.00 bits per heavy atom. The van der Waals surface area contributed by atoms with Gasteiger partial charge < -0.3 is 4.90 Å². The molecule has 0 saturated carbocycles. The predicted octanol–water partition coefficient (Wildman–Crippen LogP) is 3.77. The molecule has 0 aliphatic carbocycles. The summed E-state index contributed by atoms with van der Waals surface area (Å²) in [5.74, 6) is -0.365. The predicted molar refractivity (Wildman–Crippen MR) is 78.8 cm³/mol. The summed E-state index contributed by atoms with van der Waals surface area (Å²) < 4.78 is 40.4. The average Bonchev–Trinajstić information content (AvgIpc) is 3.01. The van der Waals surface area contributed by atoms with Crippen LogP contribution in [0.5, 0.6) is 0 Å². The topological polar surface area (TPSA) is 49.0 Å². The van der Waals surface area contributed by atoms with Crippen molar-refractivity contribution in [1.82, 2.24) is 15.1 Å². The van der Waals surface area contributed by atoms with E-state index in [0.717, 1.165) is 11.6 Å². The molecule has 1 amide bonds. The average molecular weight is 323 g/mol. The fourth-order valence-corrected chi connectivity index (χ4v) is 2.88. The van der Waals surface area contributed by atoms with Gasteiger partial charge in [0, 0.05) is 29.9 Å². The third kappa shape index (κ3) is 2.50. The second-order valence-corrected chi connectivity index (χ2v) is 5.99. The number of alkyl halides is 3. The number of hydrogen-bond donors (Lipinski definition) is 1. The zero-order valence-corrected chi connectivity index (χ0v) is 13.0. The lowest BCUT2D eigenvalue weighted by Crippen LogP contribution is -2.30. The Morgan fingerprint density at radius 3 is 2.52 bits per heavy atom. The molecular formula is C16H16F3N3O. The van der Waals surface area contributed by atoms with Gasteiger partial charge in [-0.15, -0.1) is 0 Å². The van der Waals surface area contributed by atoms with E-state index in [2.05, 4.69) is 10.2 Å². The van der Waals surface area contributed by atoms with Gasteiger partial charge in [-0.25, -0.2) is 0 Å². The van der Waals surface area contributed by atoms with Gasteiger partial charge >= 0.3 is 6.18 Å². The number of aromatic amines is 1. The Kier molecular flexibility index (Phi) is 3.46. The number of carbonyl (C=O) groups excluding carboxylic acids is 1. The van der Waals surface area contributed by atoms with E-state index in [1.54, 1.807) is 27.0 Å². The normalized spacial score (nSPS) is 14.7. The molecule has 2 heterocycles. The van der Waals surface area contributed by atoms with Crippen LogP contribution in [0.15, 0.2) is 18.3 Å². The summed E-state index contributed by atoms with van der Waals surface area (Å²) in [6.07, 6.45) is -2.91. The van der Waals surface area contributed by atoms with Gasteiger partial charge in [0.1, 0.15) is 0 Å². The SMILES string of the molecule is Cc1c[nH]nc1-c1cc2c(c(C(F)(F)F)c1)CN(C(C)C)C2=O. The molecule has 0 spiro atoms. The van der Waals surface area contributed by atoms with Crippen LogP contribution in [0.4, 0.5) is 13.2 Å². The van der Waals surface area contributed by atoms with Crippen LogP contribution in [-0.4, -0.2) is 27.0 Å². The van der Waals surface area contributed by atoms with Crippen molar-refractivity contribution in [3.8, 4) is 11.3 Å². The lowest BCUT2D eigenvalue weighted by Gasteiger charge is -2.20. The highest BCUT2D eigenvalue weighted by Crippen LogP contribution is 2.40. The maximum Gasteiger partial charge on any atom is 0.416 e. The van der Waals surface area contributed by atoms with Gasteiger partial charge in [0.25, 0.3) is 5.91 Å². The summed E-state index contributed by atoms with van der Waals surface area (Å²) in [5, 5.41) is 6.63. The van der Waals surface area contributed by atoms with Crippen molar-refractivity contribution in [3.05, 3.63) is 40.6 Å². The summed E-state index contributed by atoms with van der Waals surface area (Å²) in [4.78, 5) is 13.9. The van der Waals surface area contributed by atoms with E-state index in [-0.39, 0.29) is 29.6 Å². The molecule has 0 atom stereocenters. The molecule has 3 rings (SSSR count). The van der Waals surface area contributed by atoms with Crippen LogP contribution < -0.4 is 0 Å². The number of hydrogen-bond acceptors (Lipinski definition) is 2. The number of aryl methyl sites for hydroxylation is 1. The van der Waals surface area contributed by atoms with Crippen molar-refractivity contribution in [2.75, 3.05) is 0 Å². The van der Waals surface area contributed by atoms with Gasteiger partial charge in [-0.05, 0) is 44.0 Å². The molecule has 0 saturated heterocycles. The van der Waals surface area contributed by atoms with Crippen molar-refractivity contribution in [2.45, 2.75) is 39.5 Å². The minimum Gasteiger partial charge on any atom is -0.332 e. The number of amides is 1. The van der Waals surface area contributed by atoms with Gasteiger partial charge in [-0.2, -0.15) is 18.3 Å². The first-order valence-corrected chi connectivity index (χ1v) is 7.26. The monoisotopic (exact) mass is 323 g/mol. The van der Waals surface area contributed by atoms with Crippen LogP contribution in [0.3, 0.4) is 0 Å². The van der Waals surface area contributed by atoms with E-state index in [1.807, 2.05) is 0 Å². The molecular weight excluding hydrogens is 307 g/mol. The quantitative estimate of drug-likeness (QED) is 0.914. The Hall–Kier alpha value is -2.31. The first-order valence-electron chi connectivity index (χ1n) is 7.26. The van der Waals surface area contributed by atoms with Gasteiger partial charge in [0.05, 0.1) is 11.3 Å². The fraction of sp³-hybridized carbons (Fsp3) is 0.375. The highest BCUT2D eigenvalue weighted by atomic mass is 19.4. The van der Waals surface area contributed by atoms with Gasteiger partial charge in [0.2, 0.25) is 0 Å². The number of carbonyl (C=O) groups is 1. The van der Waals surface area contributed by atoms with Crippen LogP contribution in [0.2, 0.25) is 0 Å². The van der Waals surface area contributed by atoms with Gasteiger partial charge in [-0.1, -0.05) is 0 Å². The Labute approximate surface area is 131 Å². The third-order valence-corrected chi connectivity index (χ3v) is 4.10. The van der Waals surface area contributed by atoms with E-state index in [4.69, 9.17) is 0 Å².